The molecule has 0 amide bonds. The Morgan fingerprint density at radius 3 is 2.50 bits per heavy atom. The number of alkyl halides is 3. The Kier molecular flexibility index (Phi) is 5.52. The maximum Gasteiger partial charge on any atom is 0.389 e. The molecule has 6 heteroatoms. The van der Waals surface area contributed by atoms with E-state index in [9.17, 15) is 18.0 Å². The number of aliphatic carboxylic acids is 1. The second kappa shape index (κ2) is 5.85. The summed E-state index contributed by atoms with van der Waals surface area (Å²) in [7, 11) is 0. The fourth-order valence-electron chi connectivity index (χ4n) is 0.972. The van der Waals surface area contributed by atoms with Crippen LogP contribution in [0.15, 0.2) is 0 Å². The van der Waals surface area contributed by atoms with Gasteiger partial charge in [-0.25, -0.2) is 0 Å². The third kappa shape index (κ3) is 9.31. The van der Waals surface area contributed by atoms with E-state index >= 15 is 0 Å². The van der Waals surface area contributed by atoms with Crippen LogP contribution in [-0.4, -0.2) is 29.8 Å². The molecule has 0 aliphatic carbocycles. The SMILES string of the molecule is CC(CCCC(F)(F)F)NCC(=O)O. The maximum absolute atomic E-state index is 11.7. The molecular formula is C8H14F3NO2. The van der Waals surface area contributed by atoms with Crippen molar-refractivity contribution in [1.29, 1.82) is 0 Å². The van der Waals surface area contributed by atoms with Gasteiger partial charge >= 0.3 is 12.1 Å². The van der Waals surface area contributed by atoms with E-state index in [1.807, 2.05) is 0 Å². The van der Waals surface area contributed by atoms with Crippen LogP contribution in [0.2, 0.25) is 0 Å². The van der Waals surface area contributed by atoms with Crippen LogP contribution in [0, 0.1) is 0 Å². The summed E-state index contributed by atoms with van der Waals surface area (Å²) in [6, 6.07) is -0.201. The lowest BCUT2D eigenvalue weighted by Crippen LogP contribution is -2.31. The van der Waals surface area contributed by atoms with Gasteiger partial charge in [0.25, 0.3) is 0 Å². The molecule has 0 saturated heterocycles. The number of halogens is 3. The smallest absolute Gasteiger partial charge is 0.389 e. The first-order valence-electron chi connectivity index (χ1n) is 4.33. The van der Waals surface area contributed by atoms with Crippen molar-refractivity contribution >= 4 is 5.97 Å². The number of rotatable bonds is 6. The van der Waals surface area contributed by atoms with Gasteiger partial charge in [0, 0.05) is 12.5 Å². The van der Waals surface area contributed by atoms with E-state index in [1.165, 1.54) is 0 Å². The van der Waals surface area contributed by atoms with E-state index in [-0.39, 0.29) is 19.0 Å². The van der Waals surface area contributed by atoms with E-state index in [1.54, 1.807) is 6.92 Å². The average Bonchev–Trinajstić information content (AvgIpc) is 1.98. The third-order valence-electron chi connectivity index (χ3n) is 1.70. The van der Waals surface area contributed by atoms with Gasteiger partial charge in [-0.05, 0) is 19.8 Å². The van der Waals surface area contributed by atoms with Crippen molar-refractivity contribution in [2.45, 2.75) is 38.4 Å². The lowest BCUT2D eigenvalue weighted by atomic mass is 10.1. The second-order valence-electron chi connectivity index (χ2n) is 3.18. The number of carboxylic acid groups (broad SMARTS) is 1. The van der Waals surface area contributed by atoms with Gasteiger partial charge < -0.3 is 10.4 Å². The number of hydrogen-bond acceptors (Lipinski definition) is 2. The molecule has 0 saturated carbocycles. The molecule has 84 valence electrons. The molecule has 0 aromatic heterocycles. The summed E-state index contributed by atoms with van der Waals surface area (Å²) in [4.78, 5) is 10.1. The first-order chi connectivity index (χ1) is 6.31. The molecule has 0 fully saturated rings. The van der Waals surface area contributed by atoms with Crippen LogP contribution in [0.4, 0.5) is 13.2 Å². The van der Waals surface area contributed by atoms with E-state index in [0.717, 1.165) is 0 Å². The summed E-state index contributed by atoms with van der Waals surface area (Å²) < 4.78 is 35.1. The predicted octanol–water partition coefficient (Wildman–Crippen LogP) is 1.78. The molecule has 0 aliphatic heterocycles. The van der Waals surface area contributed by atoms with Crippen LogP contribution in [0.25, 0.3) is 0 Å². The summed E-state index contributed by atoms with van der Waals surface area (Å²) >= 11 is 0. The summed E-state index contributed by atoms with van der Waals surface area (Å²) in [5.41, 5.74) is 0. The Morgan fingerprint density at radius 1 is 1.50 bits per heavy atom. The zero-order chi connectivity index (χ0) is 11.2. The summed E-state index contributed by atoms with van der Waals surface area (Å²) in [5, 5.41) is 10.9. The molecule has 1 atom stereocenters. The number of carbonyl (C=O) groups is 1. The molecule has 14 heavy (non-hydrogen) atoms. The van der Waals surface area contributed by atoms with Gasteiger partial charge in [-0.1, -0.05) is 0 Å². The van der Waals surface area contributed by atoms with Crippen LogP contribution >= 0.6 is 0 Å². The monoisotopic (exact) mass is 213 g/mol. The molecule has 0 spiro atoms. The summed E-state index contributed by atoms with van der Waals surface area (Å²) in [5.74, 6) is -1.01. The molecule has 0 bridgehead atoms. The minimum Gasteiger partial charge on any atom is -0.480 e. The molecule has 1 unspecified atom stereocenters. The fourth-order valence-corrected chi connectivity index (χ4v) is 0.972. The highest BCUT2D eigenvalue weighted by molar-refractivity contribution is 5.69. The highest BCUT2D eigenvalue weighted by Gasteiger charge is 2.26. The van der Waals surface area contributed by atoms with Gasteiger partial charge in [-0.15, -0.1) is 0 Å². The molecule has 0 aliphatic rings. The fraction of sp³-hybridized carbons (Fsp3) is 0.875. The lowest BCUT2D eigenvalue weighted by molar-refractivity contribution is -0.137. The number of hydrogen-bond donors (Lipinski definition) is 2. The van der Waals surface area contributed by atoms with E-state index in [4.69, 9.17) is 5.11 Å². The maximum atomic E-state index is 11.7. The molecule has 0 aromatic carbocycles. The van der Waals surface area contributed by atoms with Crippen molar-refractivity contribution in [2.24, 2.45) is 0 Å². The van der Waals surface area contributed by atoms with Crippen LogP contribution in [-0.2, 0) is 4.79 Å². The third-order valence-corrected chi connectivity index (χ3v) is 1.70. The Morgan fingerprint density at radius 2 is 2.07 bits per heavy atom. The van der Waals surface area contributed by atoms with Gasteiger partial charge in [-0.2, -0.15) is 13.2 Å². The van der Waals surface area contributed by atoms with Gasteiger partial charge in [-0.3, -0.25) is 4.79 Å². The van der Waals surface area contributed by atoms with Crippen LogP contribution < -0.4 is 5.32 Å². The van der Waals surface area contributed by atoms with E-state index < -0.39 is 18.6 Å². The van der Waals surface area contributed by atoms with Crippen molar-refractivity contribution in [3.05, 3.63) is 0 Å². The Labute approximate surface area is 80.3 Å². The molecule has 2 N–H and O–H groups in total. The first-order valence-corrected chi connectivity index (χ1v) is 4.33. The van der Waals surface area contributed by atoms with Crippen molar-refractivity contribution in [1.82, 2.24) is 5.32 Å². The summed E-state index contributed by atoms with van der Waals surface area (Å²) in [6.07, 6.45) is -4.58. The molecule has 0 heterocycles. The Balaban J connectivity index is 3.45. The zero-order valence-corrected chi connectivity index (χ0v) is 7.90. The van der Waals surface area contributed by atoms with E-state index in [2.05, 4.69) is 5.32 Å². The van der Waals surface area contributed by atoms with E-state index in [0.29, 0.717) is 6.42 Å². The largest absolute Gasteiger partial charge is 0.480 e. The molecule has 0 aromatic rings. The van der Waals surface area contributed by atoms with Crippen LogP contribution in [0.1, 0.15) is 26.2 Å². The highest BCUT2D eigenvalue weighted by atomic mass is 19.4. The van der Waals surface area contributed by atoms with Crippen LogP contribution in [0.3, 0.4) is 0 Å². The van der Waals surface area contributed by atoms with Crippen LogP contribution in [0.5, 0.6) is 0 Å². The standard InChI is InChI=1S/C8H14F3NO2/c1-6(12-5-7(13)14)3-2-4-8(9,10)11/h6,12H,2-5H2,1H3,(H,13,14). The molecule has 3 nitrogen and oxygen atoms in total. The van der Waals surface area contributed by atoms with Crippen molar-refractivity contribution < 1.29 is 23.1 Å². The van der Waals surface area contributed by atoms with Gasteiger partial charge in [0.05, 0.1) is 6.54 Å². The second-order valence-corrected chi connectivity index (χ2v) is 3.18. The highest BCUT2D eigenvalue weighted by Crippen LogP contribution is 2.22. The predicted molar refractivity (Wildman–Crippen MR) is 45.0 cm³/mol. The Bertz CT molecular complexity index is 182. The minimum absolute atomic E-state index is 0.0251. The molecule has 0 radical (unpaired) electrons. The molecule has 0 rings (SSSR count). The number of nitrogens with one attached hydrogen (secondary N) is 1. The molecular weight excluding hydrogens is 199 g/mol. The average molecular weight is 213 g/mol. The topological polar surface area (TPSA) is 49.3 Å². The van der Waals surface area contributed by atoms with Gasteiger partial charge in [0.15, 0.2) is 0 Å². The normalized spacial score (nSPS) is 14.0. The van der Waals surface area contributed by atoms with Crippen molar-refractivity contribution in [3.8, 4) is 0 Å². The number of carboxylic acids is 1. The zero-order valence-electron chi connectivity index (χ0n) is 7.90. The van der Waals surface area contributed by atoms with Crippen molar-refractivity contribution in [3.63, 3.8) is 0 Å². The lowest BCUT2D eigenvalue weighted by Gasteiger charge is -2.12. The minimum atomic E-state index is -4.12. The summed E-state index contributed by atoms with van der Waals surface area (Å²) in [6.45, 7) is 1.45. The first kappa shape index (κ1) is 13.2. The van der Waals surface area contributed by atoms with Gasteiger partial charge in [0.2, 0.25) is 0 Å². The van der Waals surface area contributed by atoms with Crippen molar-refractivity contribution in [2.75, 3.05) is 6.54 Å². The Hall–Kier alpha value is -0.780. The quantitative estimate of drug-likeness (QED) is 0.707. The van der Waals surface area contributed by atoms with Gasteiger partial charge in [0.1, 0.15) is 0 Å².